The van der Waals surface area contributed by atoms with Crippen LogP contribution in [-0.4, -0.2) is 13.2 Å². The van der Waals surface area contributed by atoms with Crippen molar-refractivity contribution in [1.29, 1.82) is 0 Å². The summed E-state index contributed by atoms with van der Waals surface area (Å²) in [7, 11) is 0. The number of benzene rings is 1. The van der Waals surface area contributed by atoms with E-state index in [4.69, 9.17) is 10.5 Å². The molecular formula is C17H26FNO. The van der Waals surface area contributed by atoms with E-state index in [0.29, 0.717) is 30.7 Å². The van der Waals surface area contributed by atoms with Crippen LogP contribution in [0.5, 0.6) is 5.75 Å². The van der Waals surface area contributed by atoms with Gasteiger partial charge in [0.1, 0.15) is 0 Å². The van der Waals surface area contributed by atoms with E-state index in [2.05, 4.69) is 6.92 Å². The van der Waals surface area contributed by atoms with Crippen molar-refractivity contribution in [2.24, 2.45) is 17.6 Å². The molecule has 1 fully saturated rings. The first kappa shape index (κ1) is 15.3. The van der Waals surface area contributed by atoms with E-state index >= 15 is 0 Å². The molecule has 0 spiro atoms. The molecule has 2 nitrogen and oxygen atoms in total. The molecule has 1 aromatic rings. The average molecular weight is 279 g/mol. The van der Waals surface area contributed by atoms with Crippen molar-refractivity contribution in [2.75, 3.05) is 13.2 Å². The van der Waals surface area contributed by atoms with Crippen molar-refractivity contribution in [3.8, 4) is 5.75 Å². The van der Waals surface area contributed by atoms with Crippen molar-refractivity contribution in [3.05, 3.63) is 29.6 Å². The van der Waals surface area contributed by atoms with Gasteiger partial charge in [0.15, 0.2) is 11.6 Å². The number of hydrogen-bond acceptors (Lipinski definition) is 2. The Balaban J connectivity index is 2.20. The van der Waals surface area contributed by atoms with Crippen LogP contribution in [0.15, 0.2) is 18.2 Å². The smallest absolute Gasteiger partial charge is 0.165 e. The van der Waals surface area contributed by atoms with E-state index in [0.717, 1.165) is 5.56 Å². The fourth-order valence-corrected chi connectivity index (χ4v) is 3.52. The van der Waals surface area contributed by atoms with Crippen molar-refractivity contribution in [2.45, 2.75) is 45.4 Å². The van der Waals surface area contributed by atoms with E-state index in [-0.39, 0.29) is 11.7 Å². The molecule has 1 saturated carbocycles. The molecule has 0 bridgehead atoms. The zero-order chi connectivity index (χ0) is 14.5. The third-order valence-corrected chi connectivity index (χ3v) is 4.63. The van der Waals surface area contributed by atoms with Gasteiger partial charge in [-0.15, -0.1) is 0 Å². The molecule has 1 aliphatic carbocycles. The zero-order valence-corrected chi connectivity index (χ0v) is 12.6. The Labute approximate surface area is 121 Å². The summed E-state index contributed by atoms with van der Waals surface area (Å²) in [6, 6.07) is 5.33. The van der Waals surface area contributed by atoms with Crippen LogP contribution in [0.25, 0.3) is 0 Å². The fraction of sp³-hybridized carbons (Fsp3) is 0.647. The van der Waals surface area contributed by atoms with Crippen molar-refractivity contribution < 1.29 is 9.13 Å². The highest BCUT2D eigenvalue weighted by Crippen LogP contribution is 2.40. The van der Waals surface area contributed by atoms with E-state index in [1.807, 2.05) is 13.0 Å². The van der Waals surface area contributed by atoms with E-state index in [1.165, 1.54) is 25.7 Å². The summed E-state index contributed by atoms with van der Waals surface area (Å²) < 4.78 is 19.3. The molecule has 3 unspecified atom stereocenters. The predicted octanol–water partition coefficient (Wildman–Crippen LogP) is 4.09. The molecule has 112 valence electrons. The van der Waals surface area contributed by atoms with Gasteiger partial charge in [0.05, 0.1) is 6.61 Å². The lowest BCUT2D eigenvalue weighted by molar-refractivity contribution is 0.218. The summed E-state index contributed by atoms with van der Waals surface area (Å²) in [6.45, 7) is 5.23. The molecule has 0 saturated heterocycles. The monoisotopic (exact) mass is 279 g/mol. The van der Waals surface area contributed by atoms with Gasteiger partial charge in [-0.3, -0.25) is 0 Å². The average Bonchev–Trinajstić information content (AvgIpc) is 2.45. The van der Waals surface area contributed by atoms with Crippen molar-refractivity contribution >= 4 is 0 Å². The summed E-state index contributed by atoms with van der Waals surface area (Å²) in [5, 5.41) is 0. The number of halogens is 1. The Hall–Kier alpha value is -1.09. The number of ether oxygens (including phenoxy) is 1. The molecule has 0 amide bonds. The van der Waals surface area contributed by atoms with E-state index < -0.39 is 0 Å². The van der Waals surface area contributed by atoms with Crippen LogP contribution in [0.4, 0.5) is 4.39 Å². The molecule has 0 radical (unpaired) electrons. The number of rotatable bonds is 5. The lowest BCUT2D eigenvalue weighted by atomic mass is 9.71. The Morgan fingerprint density at radius 3 is 2.70 bits per heavy atom. The fourth-order valence-electron chi connectivity index (χ4n) is 3.52. The molecule has 3 atom stereocenters. The molecule has 1 aliphatic rings. The first-order chi connectivity index (χ1) is 9.67. The van der Waals surface area contributed by atoms with Gasteiger partial charge in [0.2, 0.25) is 0 Å². The molecule has 3 heteroatoms. The SMILES string of the molecule is CCOc1ccc(C(CN)C2CCCCC2C)cc1F. The Bertz CT molecular complexity index is 435. The summed E-state index contributed by atoms with van der Waals surface area (Å²) in [5.74, 6) is 1.57. The molecular weight excluding hydrogens is 253 g/mol. The first-order valence-electron chi connectivity index (χ1n) is 7.79. The zero-order valence-electron chi connectivity index (χ0n) is 12.6. The number of nitrogens with two attached hydrogens (primary N) is 1. The standard InChI is InChI=1S/C17H26FNO/c1-3-20-17-9-8-13(10-16(17)18)15(11-19)14-7-5-4-6-12(14)2/h8-10,12,14-15H,3-7,11,19H2,1-2H3. The molecule has 0 heterocycles. The minimum Gasteiger partial charge on any atom is -0.491 e. The highest BCUT2D eigenvalue weighted by molar-refractivity contribution is 5.32. The highest BCUT2D eigenvalue weighted by atomic mass is 19.1. The Kier molecular flexibility index (Phi) is 5.41. The quantitative estimate of drug-likeness (QED) is 0.881. The van der Waals surface area contributed by atoms with Gasteiger partial charge < -0.3 is 10.5 Å². The van der Waals surface area contributed by atoms with Crippen LogP contribution in [0, 0.1) is 17.7 Å². The summed E-state index contributed by atoms with van der Waals surface area (Å²) in [6.07, 6.45) is 5.05. The molecule has 2 N–H and O–H groups in total. The molecule has 20 heavy (non-hydrogen) atoms. The van der Waals surface area contributed by atoms with Gasteiger partial charge in [0, 0.05) is 0 Å². The largest absolute Gasteiger partial charge is 0.491 e. The molecule has 2 rings (SSSR count). The van der Waals surface area contributed by atoms with E-state index in [1.54, 1.807) is 12.1 Å². The Morgan fingerprint density at radius 2 is 2.10 bits per heavy atom. The van der Waals surface area contributed by atoms with Crippen LogP contribution >= 0.6 is 0 Å². The van der Waals surface area contributed by atoms with E-state index in [9.17, 15) is 4.39 Å². The van der Waals surface area contributed by atoms with Crippen LogP contribution in [-0.2, 0) is 0 Å². The topological polar surface area (TPSA) is 35.2 Å². The lowest BCUT2D eigenvalue weighted by Gasteiger charge is -2.35. The Morgan fingerprint density at radius 1 is 1.35 bits per heavy atom. The van der Waals surface area contributed by atoms with Gasteiger partial charge in [-0.2, -0.15) is 0 Å². The van der Waals surface area contributed by atoms with Crippen LogP contribution < -0.4 is 10.5 Å². The minimum atomic E-state index is -0.272. The molecule has 0 aromatic heterocycles. The minimum absolute atomic E-state index is 0.260. The van der Waals surface area contributed by atoms with Crippen molar-refractivity contribution in [1.82, 2.24) is 0 Å². The first-order valence-corrected chi connectivity index (χ1v) is 7.79. The summed E-state index contributed by atoms with van der Waals surface area (Å²) in [4.78, 5) is 0. The van der Waals surface area contributed by atoms with Crippen LogP contribution in [0.2, 0.25) is 0 Å². The summed E-state index contributed by atoms with van der Waals surface area (Å²) >= 11 is 0. The third-order valence-electron chi connectivity index (χ3n) is 4.63. The number of hydrogen-bond donors (Lipinski definition) is 1. The highest BCUT2D eigenvalue weighted by Gasteiger charge is 2.29. The maximum absolute atomic E-state index is 14.0. The lowest BCUT2D eigenvalue weighted by Crippen LogP contribution is -2.29. The second-order valence-electron chi connectivity index (χ2n) is 5.89. The van der Waals surface area contributed by atoms with Crippen LogP contribution in [0.3, 0.4) is 0 Å². The maximum Gasteiger partial charge on any atom is 0.165 e. The normalized spacial score (nSPS) is 24.4. The second kappa shape index (κ2) is 7.07. The molecule has 1 aromatic carbocycles. The van der Waals surface area contributed by atoms with Crippen LogP contribution in [0.1, 0.15) is 51.0 Å². The summed E-state index contributed by atoms with van der Waals surface area (Å²) in [5.41, 5.74) is 7.01. The van der Waals surface area contributed by atoms with Gasteiger partial charge in [-0.25, -0.2) is 4.39 Å². The van der Waals surface area contributed by atoms with Gasteiger partial charge >= 0.3 is 0 Å². The van der Waals surface area contributed by atoms with Gasteiger partial charge in [-0.1, -0.05) is 32.3 Å². The molecule has 0 aliphatic heterocycles. The third kappa shape index (κ3) is 3.32. The van der Waals surface area contributed by atoms with Crippen molar-refractivity contribution in [3.63, 3.8) is 0 Å². The second-order valence-corrected chi connectivity index (χ2v) is 5.89. The van der Waals surface area contributed by atoms with Gasteiger partial charge in [0.25, 0.3) is 0 Å². The maximum atomic E-state index is 14.0. The predicted molar refractivity (Wildman–Crippen MR) is 80.5 cm³/mol. The van der Waals surface area contributed by atoms with Gasteiger partial charge in [-0.05, 0) is 55.3 Å².